The molecule has 0 bridgehead atoms. The zero-order chi connectivity index (χ0) is 14.8. The van der Waals surface area contributed by atoms with Crippen LogP contribution in [0.1, 0.15) is 11.6 Å². The Labute approximate surface area is 122 Å². The van der Waals surface area contributed by atoms with Gasteiger partial charge >= 0.3 is 0 Å². The number of halogens is 1. The van der Waals surface area contributed by atoms with Crippen molar-refractivity contribution >= 4 is 11.6 Å². The molecule has 2 N–H and O–H groups in total. The Hall–Kier alpha value is -2.56. The molecule has 0 radical (unpaired) electrons. The zero-order valence-corrected chi connectivity index (χ0v) is 11.7. The van der Waals surface area contributed by atoms with Gasteiger partial charge in [0.2, 0.25) is 0 Å². The fourth-order valence-corrected chi connectivity index (χ4v) is 2.59. The molecule has 1 atom stereocenters. The van der Waals surface area contributed by atoms with E-state index in [2.05, 4.69) is 4.99 Å². The molecule has 2 aromatic carbocycles. The lowest BCUT2D eigenvalue weighted by Gasteiger charge is -2.28. The summed E-state index contributed by atoms with van der Waals surface area (Å²) in [6.07, 6.45) is 0. The molecule has 1 unspecified atom stereocenters. The van der Waals surface area contributed by atoms with Crippen LogP contribution in [0.3, 0.4) is 0 Å². The SMILES string of the molecule is COc1ccccc1N1C(N)=NCC1c1cccc(F)c1. The minimum atomic E-state index is -0.266. The van der Waals surface area contributed by atoms with Crippen molar-refractivity contribution in [1.82, 2.24) is 0 Å². The predicted octanol–water partition coefficient (Wildman–Crippen LogP) is 2.71. The molecule has 2 aromatic rings. The van der Waals surface area contributed by atoms with Gasteiger partial charge in [-0.2, -0.15) is 0 Å². The van der Waals surface area contributed by atoms with Gasteiger partial charge in [0.1, 0.15) is 11.6 Å². The van der Waals surface area contributed by atoms with Crippen LogP contribution < -0.4 is 15.4 Å². The smallest absolute Gasteiger partial charge is 0.196 e. The maximum atomic E-state index is 13.5. The van der Waals surface area contributed by atoms with Crippen molar-refractivity contribution in [2.24, 2.45) is 10.7 Å². The second-order valence-corrected chi connectivity index (χ2v) is 4.81. The van der Waals surface area contributed by atoms with E-state index in [0.717, 1.165) is 11.3 Å². The quantitative estimate of drug-likeness (QED) is 0.943. The van der Waals surface area contributed by atoms with Crippen LogP contribution in [-0.4, -0.2) is 19.6 Å². The molecule has 3 rings (SSSR count). The van der Waals surface area contributed by atoms with E-state index < -0.39 is 0 Å². The maximum absolute atomic E-state index is 13.5. The Morgan fingerprint density at radius 2 is 2.05 bits per heavy atom. The molecule has 1 aliphatic heterocycles. The highest BCUT2D eigenvalue weighted by Gasteiger charge is 2.30. The fourth-order valence-electron chi connectivity index (χ4n) is 2.59. The second kappa shape index (κ2) is 5.44. The molecule has 1 aliphatic rings. The summed E-state index contributed by atoms with van der Waals surface area (Å²) in [4.78, 5) is 6.18. The molecule has 0 aromatic heterocycles. The van der Waals surface area contributed by atoms with Crippen LogP contribution in [-0.2, 0) is 0 Å². The topological polar surface area (TPSA) is 50.9 Å². The molecule has 0 fully saturated rings. The van der Waals surface area contributed by atoms with Gasteiger partial charge in [-0.15, -0.1) is 0 Å². The van der Waals surface area contributed by atoms with Gasteiger partial charge in [-0.25, -0.2) is 4.39 Å². The summed E-state index contributed by atoms with van der Waals surface area (Å²) in [5, 5.41) is 0. The number of hydrogen-bond acceptors (Lipinski definition) is 4. The van der Waals surface area contributed by atoms with E-state index in [1.165, 1.54) is 12.1 Å². The molecular formula is C16H16FN3O. The number of nitrogens with two attached hydrogens (primary N) is 1. The molecule has 0 spiro atoms. The van der Waals surface area contributed by atoms with E-state index in [0.29, 0.717) is 18.3 Å². The Morgan fingerprint density at radius 1 is 1.24 bits per heavy atom. The Bertz CT molecular complexity index is 687. The fraction of sp³-hybridized carbons (Fsp3) is 0.188. The van der Waals surface area contributed by atoms with E-state index in [9.17, 15) is 4.39 Å². The number of ether oxygens (including phenoxy) is 1. The van der Waals surface area contributed by atoms with Crippen molar-refractivity contribution in [3.05, 3.63) is 59.9 Å². The zero-order valence-electron chi connectivity index (χ0n) is 11.7. The highest BCUT2D eigenvalue weighted by atomic mass is 19.1. The molecule has 5 heteroatoms. The van der Waals surface area contributed by atoms with E-state index in [1.54, 1.807) is 13.2 Å². The molecule has 1 heterocycles. The molecule has 4 nitrogen and oxygen atoms in total. The van der Waals surface area contributed by atoms with Crippen molar-refractivity contribution < 1.29 is 9.13 Å². The van der Waals surface area contributed by atoms with Gasteiger partial charge < -0.3 is 10.5 Å². The number of nitrogens with zero attached hydrogens (tertiary/aromatic N) is 2. The molecule has 21 heavy (non-hydrogen) atoms. The summed E-state index contributed by atoms with van der Waals surface area (Å²) in [5.74, 6) is 0.852. The minimum absolute atomic E-state index is 0.128. The van der Waals surface area contributed by atoms with E-state index >= 15 is 0 Å². The van der Waals surface area contributed by atoms with Crippen molar-refractivity contribution in [3.8, 4) is 5.75 Å². The van der Waals surface area contributed by atoms with Crippen LogP contribution >= 0.6 is 0 Å². The first-order chi connectivity index (χ1) is 10.2. The Kier molecular flexibility index (Phi) is 3.48. The molecule has 0 saturated heterocycles. The van der Waals surface area contributed by atoms with Crippen LogP contribution in [0.2, 0.25) is 0 Å². The van der Waals surface area contributed by atoms with Gasteiger partial charge in [-0.1, -0.05) is 24.3 Å². The van der Waals surface area contributed by atoms with Crippen LogP contribution in [0.25, 0.3) is 0 Å². The van der Waals surface area contributed by atoms with Crippen LogP contribution in [0.4, 0.5) is 10.1 Å². The van der Waals surface area contributed by atoms with Gasteiger partial charge in [0.05, 0.1) is 25.4 Å². The lowest BCUT2D eigenvalue weighted by Crippen LogP contribution is -2.36. The number of rotatable bonds is 3. The third-order valence-corrected chi connectivity index (χ3v) is 3.56. The molecule has 0 aliphatic carbocycles. The van der Waals surface area contributed by atoms with Gasteiger partial charge in [0.15, 0.2) is 5.96 Å². The third-order valence-electron chi connectivity index (χ3n) is 3.56. The highest BCUT2D eigenvalue weighted by Crippen LogP contribution is 2.36. The molecular weight excluding hydrogens is 269 g/mol. The number of para-hydroxylation sites is 2. The predicted molar refractivity (Wildman–Crippen MR) is 81.1 cm³/mol. The lowest BCUT2D eigenvalue weighted by molar-refractivity contribution is 0.415. The normalized spacial score (nSPS) is 17.7. The van der Waals surface area contributed by atoms with Crippen molar-refractivity contribution in [2.75, 3.05) is 18.6 Å². The molecule has 0 saturated carbocycles. The maximum Gasteiger partial charge on any atom is 0.196 e. The van der Waals surface area contributed by atoms with Gasteiger partial charge in [-0.3, -0.25) is 9.89 Å². The number of hydrogen-bond donors (Lipinski definition) is 1. The summed E-state index contributed by atoms with van der Waals surface area (Å²) in [7, 11) is 1.61. The van der Waals surface area contributed by atoms with Crippen molar-refractivity contribution in [3.63, 3.8) is 0 Å². The minimum Gasteiger partial charge on any atom is -0.495 e. The largest absolute Gasteiger partial charge is 0.495 e. The molecule has 0 amide bonds. The summed E-state index contributed by atoms with van der Waals surface area (Å²) < 4.78 is 18.9. The number of methoxy groups -OCH3 is 1. The third kappa shape index (κ3) is 2.42. The van der Waals surface area contributed by atoms with Crippen LogP contribution in [0, 0.1) is 5.82 Å². The van der Waals surface area contributed by atoms with Gasteiger partial charge in [0, 0.05) is 0 Å². The number of benzene rings is 2. The standard InChI is InChI=1S/C16H16FN3O/c1-21-15-8-3-2-7-13(15)20-14(10-19-16(20)18)11-5-4-6-12(17)9-11/h2-9,14H,10H2,1H3,(H2,18,19). The number of anilines is 1. The van der Waals surface area contributed by atoms with E-state index in [4.69, 9.17) is 10.5 Å². The average molecular weight is 285 g/mol. The first kappa shape index (κ1) is 13.4. The van der Waals surface area contributed by atoms with Gasteiger partial charge in [-0.05, 0) is 29.8 Å². The monoisotopic (exact) mass is 285 g/mol. The number of guanidine groups is 1. The van der Waals surface area contributed by atoms with Crippen LogP contribution in [0.5, 0.6) is 5.75 Å². The highest BCUT2D eigenvalue weighted by molar-refractivity contribution is 5.98. The summed E-state index contributed by atoms with van der Waals surface area (Å²) in [6.45, 7) is 0.493. The van der Waals surface area contributed by atoms with Crippen molar-refractivity contribution in [2.45, 2.75) is 6.04 Å². The first-order valence-corrected chi connectivity index (χ1v) is 6.68. The average Bonchev–Trinajstić information content (AvgIpc) is 2.89. The first-order valence-electron chi connectivity index (χ1n) is 6.68. The molecule has 108 valence electrons. The van der Waals surface area contributed by atoms with E-state index in [-0.39, 0.29) is 11.9 Å². The summed E-state index contributed by atoms with van der Waals surface area (Å²) in [5.41, 5.74) is 7.69. The van der Waals surface area contributed by atoms with E-state index in [1.807, 2.05) is 35.2 Å². The van der Waals surface area contributed by atoms with Crippen LogP contribution in [0.15, 0.2) is 53.5 Å². The Morgan fingerprint density at radius 3 is 2.81 bits per heavy atom. The summed E-state index contributed by atoms with van der Waals surface area (Å²) in [6, 6.07) is 14.0. The number of aliphatic imine (C=N–C) groups is 1. The summed E-state index contributed by atoms with van der Waals surface area (Å²) >= 11 is 0. The lowest BCUT2D eigenvalue weighted by atomic mass is 10.1. The second-order valence-electron chi connectivity index (χ2n) is 4.81. The Balaban J connectivity index is 2.04. The van der Waals surface area contributed by atoms with Gasteiger partial charge in [0.25, 0.3) is 0 Å². The van der Waals surface area contributed by atoms with Crippen molar-refractivity contribution in [1.29, 1.82) is 0 Å².